The molecular formula is C17H23N3O2. The van der Waals surface area contributed by atoms with Crippen molar-refractivity contribution in [2.75, 3.05) is 32.7 Å². The highest BCUT2D eigenvalue weighted by molar-refractivity contribution is 5.94. The molecule has 0 bridgehead atoms. The molecule has 1 aromatic rings. The Morgan fingerprint density at radius 2 is 1.86 bits per heavy atom. The summed E-state index contributed by atoms with van der Waals surface area (Å²) in [6, 6.07) is 9.49. The predicted molar refractivity (Wildman–Crippen MR) is 84.8 cm³/mol. The maximum atomic E-state index is 12.5. The van der Waals surface area contributed by atoms with Gasteiger partial charge in [-0.25, -0.2) is 0 Å². The van der Waals surface area contributed by atoms with E-state index in [9.17, 15) is 4.79 Å². The summed E-state index contributed by atoms with van der Waals surface area (Å²) in [5.74, 6) is 0.851. The van der Waals surface area contributed by atoms with Crippen LogP contribution in [0.2, 0.25) is 0 Å². The van der Waals surface area contributed by atoms with Crippen LogP contribution in [0.3, 0.4) is 0 Å². The van der Waals surface area contributed by atoms with Crippen molar-refractivity contribution in [2.24, 2.45) is 0 Å². The molecule has 0 spiro atoms. The molecule has 0 aliphatic carbocycles. The molecular weight excluding hydrogens is 278 g/mol. The average molecular weight is 301 g/mol. The molecule has 22 heavy (non-hydrogen) atoms. The van der Waals surface area contributed by atoms with Crippen molar-refractivity contribution in [3.05, 3.63) is 29.8 Å². The van der Waals surface area contributed by atoms with Crippen LogP contribution in [0, 0.1) is 11.3 Å². The van der Waals surface area contributed by atoms with Gasteiger partial charge < -0.3 is 9.64 Å². The van der Waals surface area contributed by atoms with E-state index in [1.165, 1.54) is 0 Å². The Morgan fingerprint density at radius 3 is 2.41 bits per heavy atom. The molecule has 5 heteroatoms. The highest BCUT2D eigenvalue weighted by Gasteiger charge is 2.21. The standard InChI is InChI=1S/C17H23N3O2/c1-14(2)22-16-6-4-15(5-7-16)17(21)20-12-10-19(11-13-20)9-3-8-18/h4-7,14H,3,9-13H2,1-2H3. The molecule has 0 radical (unpaired) electrons. The lowest BCUT2D eigenvalue weighted by atomic mass is 10.1. The summed E-state index contributed by atoms with van der Waals surface area (Å²) < 4.78 is 5.59. The molecule has 1 saturated heterocycles. The summed E-state index contributed by atoms with van der Waals surface area (Å²) in [4.78, 5) is 16.6. The summed E-state index contributed by atoms with van der Waals surface area (Å²) in [6.07, 6.45) is 0.675. The van der Waals surface area contributed by atoms with Gasteiger partial charge in [0.15, 0.2) is 0 Å². The first kappa shape index (κ1) is 16.3. The minimum Gasteiger partial charge on any atom is -0.491 e. The van der Waals surface area contributed by atoms with Crippen LogP contribution in [0.4, 0.5) is 0 Å². The van der Waals surface area contributed by atoms with Crippen LogP contribution >= 0.6 is 0 Å². The molecule has 1 aliphatic heterocycles. The fourth-order valence-corrected chi connectivity index (χ4v) is 2.51. The van der Waals surface area contributed by atoms with E-state index in [4.69, 9.17) is 10.00 Å². The highest BCUT2D eigenvalue weighted by Crippen LogP contribution is 2.16. The molecule has 1 heterocycles. The lowest BCUT2D eigenvalue weighted by Gasteiger charge is -2.34. The molecule has 1 amide bonds. The Bertz CT molecular complexity index is 526. The smallest absolute Gasteiger partial charge is 0.253 e. The number of hydrogen-bond acceptors (Lipinski definition) is 4. The van der Waals surface area contributed by atoms with Crippen LogP contribution in [0.1, 0.15) is 30.6 Å². The van der Waals surface area contributed by atoms with E-state index in [1.807, 2.05) is 43.0 Å². The van der Waals surface area contributed by atoms with Gasteiger partial charge in [-0.15, -0.1) is 0 Å². The Morgan fingerprint density at radius 1 is 1.23 bits per heavy atom. The summed E-state index contributed by atoms with van der Waals surface area (Å²) in [5, 5.41) is 8.61. The van der Waals surface area contributed by atoms with Crippen molar-refractivity contribution in [1.82, 2.24) is 9.80 Å². The molecule has 0 N–H and O–H groups in total. The predicted octanol–water partition coefficient (Wildman–Crippen LogP) is 2.15. The minimum atomic E-state index is 0.0658. The number of carbonyl (C=O) groups is 1. The second kappa shape index (κ2) is 7.81. The third-order valence-corrected chi connectivity index (χ3v) is 3.67. The molecule has 1 aliphatic rings. The number of hydrogen-bond donors (Lipinski definition) is 0. The van der Waals surface area contributed by atoms with Gasteiger partial charge in [-0.1, -0.05) is 0 Å². The van der Waals surface area contributed by atoms with Crippen LogP contribution in [0.15, 0.2) is 24.3 Å². The first-order valence-corrected chi connectivity index (χ1v) is 7.75. The quantitative estimate of drug-likeness (QED) is 0.836. The van der Waals surface area contributed by atoms with Crippen molar-refractivity contribution in [3.8, 4) is 11.8 Å². The second-order valence-corrected chi connectivity index (χ2v) is 5.73. The topological polar surface area (TPSA) is 56.6 Å². The monoisotopic (exact) mass is 301 g/mol. The van der Waals surface area contributed by atoms with Gasteiger partial charge in [-0.2, -0.15) is 5.26 Å². The average Bonchev–Trinajstić information content (AvgIpc) is 2.53. The van der Waals surface area contributed by atoms with Gasteiger partial charge in [0.1, 0.15) is 5.75 Å². The summed E-state index contributed by atoms with van der Waals surface area (Å²) in [5.41, 5.74) is 0.696. The van der Waals surface area contributed by atoms with E-state index in [-0.39, 0.29) is 12.0 Å². The van der Waals surface area contributed by atoms with E-state index >= 15 is 0 Å². The van der Waals surface area contributed by atoms with Crippen LogP contribution in [-0.2, 0) is 0 Å². The molecule has 118 valence electrons. The van der Waals surface area contributed by atoms with Gasteiger partial charge in [-0.05, 0) is 38.1 Å². The van der Waals surface area contributed by atoms with Crippen LogP contribution < -0.4 is 4.74 Å². The number of ether oxygens (including phenoxy) is 1. The van der Waals surface area contributed by atoms with Gasteiger partial charge in [0, 0.05) is 44.7 Å². The number of piperazine rings is 1. The Labute approximate surface area is 132 Å². The molecule has 0 unspecified atom stereocenters. The Hall–Kier alpha value is -2.06. The Balaban J connectivity index is 1.88. The fraction of sp³-hybridized carbons (Fsp3) is 0.529. The van der Waals surface area contributed by atoms with Crippen LogP contribution in [0.25, 0.3) is 0 Å². The Kier molecular flexibility index (Phi) is 5.79. The molecule has 1 fully saturated rings. The number of rotatable bonds is 5. The first-order chi connectivity index (χ1) is 10.6. The van der Waals surface area contributed by atoms with Crippen molar-refractivity contribution in [1.29, 1.82) is 5.26 Å². The number of nitriles is 1. The summed E-state index contributed by atoms with van der Waals surface area (Å²) in [6.45, 7) is 7.85. The van der Waals surface area contributed by atoms with E-state index < -0.39 is 0 Å². The molecule has 5 nitrogen and oxygen atoms in total. The lowest BCUT2D eigenvalue weighted by Crippen LogP contribution is -2.48. The third-order valence-electron chi connectivity index (χ3n) is 3.67. The van der Waals surface area contributed by atoms with E-state index in [0.717, 1.165) is 25.4 Å². The van der Waals surface area contributed by atoms with Crippen molar-refractivity contribution < 1.29 is 9.53 Å². The molecule has 2 rings (SSSR count). The molecule has 0 atom stereocenters. The number of benzene rings is 1. The van der Waals surface area contributed by atoms with Crippen molar-refractivity contribution in [3.63, 3.8) is 0 Å². The largest absolute Gasteiger partial charge is 0.491 e. The first-order valence-electron chi connectivity index (χ1n) is 7.75. The summed E-state index contributed by atoms with van der Waals surface area (Å²) in [7, 11) is 0. The second-order valence-electron chi connectivity index (χ2n) is 5.73. The van der Waals surface area contributed by atoms with E-state index in [1.54, 1.807) is 0 Å². The highest BCUT2D eigenvalue weighted by atomic mass is 16.5. The molecule has 1 aromatic carbocycles. The van der Waals surface area contributed by atoms with Gasteiger partial charge >= 0.3 is 0 Å². The van der Waals surface area contributed by atoms with Crippen molar-refractivity contribution >= 4 is 5.91 Å². The zero-order valence-electron chi connectivity index (χ0n) is 13.3. The molecule has 0 saturated carbocycles. The van der Waals surface area contributed by atoms with Gasteiger partial charge in [0.05, 0.1) is 12.2 Å². The normalized spacial score (nSPS) is 15.6. The van der Waals surface area contributed by atoms with Crippen LogP contribution in [0.5, 0.6) is 5.75 Å². The van der Waals surface area contributed by atoms with E-state index in [2.05, 4.69) is 11.0 Å². The maximum absolute atomic E-state index is 12.5. The fourth-order valence-electron chi connectivity index (χ4n) is 2.51. The summed E-state index contributed by atoms with van der Waals surface area (Å²) >= 11 is 0. The van der Waals surface area contributed by atoms with Crippen molar-refractivity contribution in [2.45, 2.75) is 26.4 Å². The maximum Gasteiger partial charge on any atom is 0.253 e. The molecule has 0 aromatic heterocycles. The van der Waals surface area contributed by atoms with Gasteiger partial charge in [0.25, 0.3) is 5.91 Å². The number of carbonyl (C=O) groups excluding carboxylic acids is 1. The SMILES string of the molecule is CC(C)Oc1ccc(C(=O)N2CCN(CCC#N)CC2)cc1. The van der Waals surface area contributed by atoms with Gasteiger partial charge in [-0.3, -0.25) is 9.69 Å². The lowest BCUT2D eigenvalue weighted by molar-refractivity contribution is 0.0639. The van der Waals surface area contributed by atoms with Gasteiger partial charge in [0.2, 0.25) is 0 Å². The zero-order valence-corrected chi connectivity index (χ0v) is 13.3. The minimum absolute atomic E-state index is 0.0658. The zero-order chi connectivity index (χ0) is 15.9. The van der Waals surface area contributed by atoms with E-state index in [0.29, 0.717) is 25.1 Å². The van der Waals surface area contributed by atoms with Crippen LogP contribution in [-0.4, -0.2) is 54.5 Å². The number of nitrogens with zero attached hydrogens (tertiary/aromatic N) is 3. The number of amides is 1. The third kappa shape index (κ3) is 4.47.